The number of piperidine rings is 4. The molecule has 2 aromatic carbocycles. The van der Waals surface area contributed by atoms with Crippen LogP contribution < -0.4 is 10.2 Å². The van der Waals surface area contributed by atoms with Crippen molar-refractivity contribution in [2.75, 3.05) is 44.2 Å². The zero-order valence-electron chi connectivity index (χ0n) is 32.3. The predicted octanol–water partition coefficient (Wildman–Crippen LogP) is 10.5. The Labute approximate surface area is 307 Å². The Morgan fingerprint density at radius 2 is 1.18 bits per heavy atom. The highest BCUT2D eigenvalue weighted by atomic mass is 32.1. The molecule has 4 saturated heterocycles. The van der Waals surface area contributed by atoms with Crippen molar-refractivity contribution in [1.29, 1.82) is 0 Å². The van der Waals surface area contributed by atoms with Crippen molar-refractivity contribution in [3.63, 3.8) is 0 Å². The molecule has 4 aliphatic heterocycles. The number of benzene rings is 2. The number of likely N-dealkylation sites (tertiary alicyclic amines) is 2. The lowest BCUT2D eigenvalue weighted by Gasteiger charge is -2.38. The van der Waals surface area contributed by atoms with Gasteiger partial charge in [0.1, 0.15) is 0 Å². The summed E-state index contributed by atoms with van der Waals surface area (Å²) < 4.78 is 0. The molecule has 4 aliphatic rings. The molecule has 2 aromatic rings. The second-order valence-corrected chi connectivity index (χ2v) is 15.2. The summed E-state index contributed by atoms with van der Waals surface area (Å²) in [6, 6.07) is 19.3. The van der Waals surface area contributed by atoms with Gasteiger partial charge in [0.15, 0.2) is 0 Å². The maximum atomic E-state index is 6.00. The number of nitrogens with zero attached hydrogens (tertiary/aromatic N) is 3. The summed E-state index contributed by atoms with van der Waals surface area (Å²) in [7, 11) is 0. The van der Waals surface area contributed by atoms with Crippen molar-refractivity contribution in [1.82, 2.24) is 15.1 Å². The van der Waals surface area contributed by atoms with E-state index in [9.17, 15) is 0 Å². The third-order valence-electron chi connectivity index (χ3n) is 10.5. The third-order valence-corrected chi connectivity index (χ3v) is 10.9. The second kappa shape index (κ2) is 26.2. The molecule has 280 valence electrons. The van der Waals surface area contributed by atoms with Crippen LogP contribution in [0.25, 0.3) is 0 Å². The van der Waals surface area contributed by atoms with Crippen LogP contribution in [0.1, 0.15) is 130 Å². The van der Waals surface area contributed by atoms with Crippen LogP contribution in [0, 0.1) is 11.8 Å². The second-order valence-electron chi connectivity index (χ2n) is 14.7. The molecule has 0 aromatic heterocycles. The first-order valence-electron chi connectivity index (χ1n) is 19.9. The smallest absolute Gasteiger partial charge is 0.0369 e. The fourth-order valence-corrected chi connectivity index (χ4v) is 8.07. The third kappa shape index (κ3) is 16.1. The average Bonchev–Trinajstić information content (AvgIpc) is 3.16. The number of thiol groups is 1. The Kier molecular flexibility index (Phi) is 23.3. The fraction of sp³-hybridized carbons (Fsp3) is 0.714. The molecule has 3 N–H and O–H groups in total. The van der Waals surface area contributed by atoms with Gasteiger partial charge in [0.05, 0.1) is 0 Å². The van der Waals surface area contributed by atoms with E-state index in [0.29, 0.717) is 0 Å². The Hall–Kier alpha value is -1.61. The molecule has 0 bridgehead atoms. The molecule has 7 heteroatoms. The van der Waals surface area contributed by atoms with Crippen LogP contribution in [0.4, 0.5) is 5.69 Å². The summed E-state index contributed by atoms with van der Waals surface area (Å²) in [4.78, 5) is 9.07. The molecule has 0 radical (unpaired) electrons. The summed E-state index contributed by atoms with van der Waals surface area (Å²) in [5, 5.41) is 15.3. The summed E-state index contributed by atoms with van der Waals surface area (Å²) in [6.07, 6.45) is 16.6. The minimum absolute atomic E-state index is 0.747. The van der Waals surface area contributed by atoms with Gasteiger partial charge < -0.3 is 10.2 Å². The van der Waals surface area contributed by atoms with Crippen LogP contribution >= 0.6 is 12.6 Å². The van der Waals surface area contributed by atoms with Gasteiger partial charge in [-0.2, -0.15) is 0 Å². The number of rotatable bonds is 7. The van der Waals surface area contributed by atoms with Crippen LogP contribution in [-0.4, -0.2) is 71.7 Å². The van der Waals surface area contributed by atoms with E-state index in [1.807, 2.05) is 13.8 Å². The summed E-state index contributed by atoms with van der Waals surface area (Å²) >= 11 is 4.55. The summed E-state index contributed by atoms with van der Waals surface area (Å²) in [5.41, 5.74) is 4.30. The van der Waals surface area contributed by atoms with Crippen molar-refractivity contribution in [2.24, 2.45) is 11.8 Å². The van der Waals surface area contributed by atoms with Crippen molar-refractivity contribution in [3.05, 3.63) is 59.7 Å². The van der Waals surface area contributed by atoms with Crippen LogP contribution in [-0.2, 0) is 13.1 Å². The van der Waals surface area contributed by atoms with Crippen molar-refractivity contribution in [3.8, 4) is 0 Å². The largest absolute Gasteiger partial charge is 0.372 e. The molecule has 6 nitrogen and oxygen atoms in total. The summed E-state index contributed by atoms with van der Waals surface area (Å²) in [5.74, 6) is 1.52. The highest BCUT2D eigenvalue weighted by Crippen LogP contribution is 2.28. The van der Waals surface area contributed by atoms with Gasteiger partial charge in [-0.25, -0.2) is 0 Å². The molecule has 2 unspecified atom stereocenters. The van der Waals surface area contributed by atoms with Gasteiger partial charge in [-0.3, -0.25) is 20.3 Å². The summed E-state index contributed by atoms with van der Waals surface area (Å²) in [6.45, 7) is 23.1. The van der Waals surface area contributed by atoms with Crippen LogP contribution in [0.3, 0.4) is 0 Å². The molecule has 0 aliphatic carbocycles. The molecule has 4 fully saturated rings. The van der Waals surface area contributed by atoms with Crippen LogP contribution in [0.15, 0.2) is 53.4 Å². The van der Waals surface area contributed by atoms with Gasteiger partial charge in [-0.05, 0) is 125 Å². The Morgan fingerprint density at radius 1 is 0.653 bits per heavy atom. The van der Waals surface area contributed by atoms with Gasteiger partial charge in [-0.15, -0.1) is 12.6 Å². The first-order valence-corrected chi connectivity index (χ1v) is 20.4. The molecule has 0 amide bonds. The van der Waals surface area contributed by atoms with E-state index in [2.05, 4.69) is 109 Å². The average molecular weight is 699 g/mol. The Bertz CT molecular complexity index is 1080. The molecule has 2 atom stereocenters. The van der Waals surface area contributed by atoms with Crippen LogP contribution in [0.5, 0.6) is 0 Å². The van der Waals surface area contributed by atoms with Gasteiger partial charge in [0.2, 0.25) is 0 Å². The van der Waals surface area contributed by atoms with Crippen molar-refractivity contribution < 1.29 is 10.5 Å². The lowest BCUT2D eigenvalue weighted by Crippen LogP contribution is -2.42. The SMILES string of the molecule is C1CCNCC1.CC.CC(C)C1CCCCN1Cc1cccc(N2CCCCC2)c1.CC(C)C1CCCCN1Cc1ccccc1S.OO. The highest BCUT2D eigenvalue weighted by Gasteiger charge is 2.26. The normalized spacial score (nSPS) is 21.6. The monoisotopic (exact) mass is 699 g/mol. The molecular formula is C42H74N4O2S. The van der Waals surface area contributed by atoms with E-state index in [0.717, 1.165) is 41.9 Å². The highest BCUT2D eigenvalue weighted by molar-refractivity contribution is 7.80. The van der Waals surface area contributed by atoms with E-state index in [1.165, 1.54) is 133 Å². The number of hydrogen-bond acceptors (Lipinski definition) is 7. The van der Waals surface area contributed by atoms with Gasteiger partial charge in [-0.1, -0.05) is 91.1 Å². The molecule has 49 heavy (non-hydrogen) atoms. The zero-order valence-corrected chi connectivity index (χ0v) is 33.1. The van der Waals surface area contributed by atoms with Crippen molar-refractivity contribution in [2.45, 2.75) is 149 Å². The lowest BCUT2D eigenvalue weighted by atomic mass is 9.92. The fourth-order valence-electron chi connectivity index (χ4n) is 7.84. The molecule has 0 spiro atoms. The number of nitrogens with one attached hydrogen (secondary N) is 1. The predicted molar refractivity (Wildman–Crippen MR) is 215 cm³/mol. The maximum Gasteiger partial charge on any atom is 0.0369 e. The minimum Gasteiger partial charge on any atom is -0.372 e. The van der Waals surface area contributed by atoms with Crippen molar-refractivity contribution >= 4 is 18.3 Å². The molecule has 6 rings (SSSR count). The van der Waals surface area contributed by atoms with E-state index in [1.54, 1.807) is 0 Å². The Morgan fingerprint density at radius 3 is 1.69 bits per heavy atom. The standard InChI is InChI=1S/C20H32N2.C15H23NS.C5H11N.C2H6.H2O2/c1-17(2)20-11-4-7-14-22(20)16-18-9-8-10-19(15-18)21-12-5-3-6-13-21;1-12(2)14-8-5-6-10-16(14)11-13-7-3-4-9-15(13)17;1-2-4-6-5-3-1;2*1-2/h8-10,15,17,20H,3-7,11-14,16H2,1-2H3;3-4,7,9,12,14,17H,5-6,8,10-11H2,1-2H3;6H,1-5H2;1-2H3;1-2H. The first kappa shape index (κ1) is 43.6. The zero-order chi connectivity index (χ0) is 35.9. The van der Waals surface area contributed by atoms with Gasteiger partial charge in [0.25, 0.3) is 0 Å². The van der Waals surface area contributed by atoms with Crippen LogP contribution in [0.2, 0.25) is 0 Å². The van der Waals surface area contributed by atoms with Gasteiger partial charge >= 0.3 is 0 Å². The number of anilines is 1. The van der Waals surface area contributed by atoms with E-state index < -0.39 is 0 Å². The first-order chi connectivity index (χ1) is 23.9. The maximum absolute atomic E-state index is 6.00. The topological polar surface area (TPSA) is 62.2 Å². The number of hydrogen-bond donors (Lipinski definition) is 4. The van der Waals surface area contributed by atoms with E-state index in [4.69, 9.17) is 10.5 Å². The Balaban J connectivity index is 0.000000272. The van der Waals surface area contributed by atoms with E-state index in [-0.39, 0.29) is 0 Å². The quantitative estimate of drug-likeness (QED) is 0.131. The molecular weight excluding hydrogens is 625 g/mol. The molecule has 0 saturated carbocycles. The van der Waals surface area contributed by atoms with E-state index >= 15 is 0 Å². The minimum atomic E-state index is 0.747. The van der Waals surface area contributed by atoms with Gasteiger partial charge in [0, 0.05) is 48.8 Å². The lowest BCUT2D eigenvalue weighted by molar-refractivity contribution is -0.176. The molecule has 4 heterocycles.